The average molecular weight is 469 g/mol. The van der Waals surface area contributed by atoms with Crippen LogP contribution in [0.3, 0.4) is 0 Å². The molecule has 5 nitrogen and oxygen atoms in total. The lowest BCUT2D eigenvalue weighted by Gasteiger charge is -2.06. The lowest BCUT2D eigenvalue weighted by molar-refractivity contribution is 0.103. The van der Waals surface area contributed by atoms with Crippen molar-refractivity contribution < 1.29 is 9.18 Å². The van der Waals surface area contributed by atoms with E-state index in [1.807, 2.05) is 31.3 Å². The Balaban J connectivity index is 1.38. The molecule has 0 unspecified atom stereocenters. The number of hydrogen-bond donors (Lipinski definition) is 1. The number of thiophene rings is 1. The van der Waals surface area contributed by atoms with Crippen molar-refractivity contribution >= 4 is 55.0 Å². The van der Waals surface area contributed by atoms with Gasteiger partial charge in [0.05, 0.1) is 4.88 Å². The molecule has 3 aromatic carbocycles. The molecule has 3 heterocycles. The summed E-state index contributed by atoms with van der Waals surface area (Å²) in [5.41, 5.74) is 4.03. The van der Waals surface area contributed by atoms with E-state index in [-0.39, 0.29) is 11.7 Å². The van der Waals surface area contributed by atoms with Crippen LogP contribution in [0, 0.1) is 5.82 Å². The van der Waals surface area contributed by atoms with Crippen LogP contribution < -0.4 is 5.32 Å². The summed E-state index contributed by atoms with van der Waals surface area (Å²) in [5, 5.41) is 10.6. The number of amides is 1. The van der Waals surface area contributed by atoms with Gasteiger partial charge in [0.25, 0.3) is 5.91 Å². The number of hydrogen-bond acceptors (Lipinski definition) is 3. The third-order valence-corrected chi connectivity index (χ3v) is 7.41. The second-order valence-corrected chi connectivity index (χ2v) is 9.26. The van der Waals surface area contributed by atoms with Crippen molar-refractivity contribution in [1.29, 1.82) is 0 Å². The van der Waals surface area contributed by atoms with Crippen molar-refractivity contribution in [2.24, 2.45) is 7.05 Å². The number of rotatable bonds is 4. The summed E-state index contributed by atoms with van der Waals surface area (Å²) in [5.74, 6) is -0.529. The van der Waals surface area contributed by atoms with Gasteiger partial charge in [0, 0.05) is 52.0 Å². The van der Waals surface area contributed by atoms with E-state index in [0.717, 1.165) is 38.7 Å². The highest BCUT2D eigenvalue weighted by molar-refractivity contribution is 7.20. The van der Waals surface area contributed by atoms with E-state index >= 15 is 0 Å². The minimum absolute atomic E-state index is 0.195. The molecule has 0 aliphatic carbocycles. The number of fused-ring (bicyclic) bond motifs is 4. The number of carbonyl (C=O) groups excluding carboxylic acids is 1. The number of nitrogens with zero attached hydrogens (tertiary/aromatic N) is 3. The van der Waals surface area contributed by atoms with Gasteiger partial charge in [0.1, 0.15) is 16.3 Å². The Morgan fingerprint density at radius 1 is 0.971 bits per heavy atom. The molecule has 0 spiro atoms. The van der Waals surface area contributed by atoms with Crippen LogP contribution in [-0.2, 0) is 13.6 Å². The minimum Gasteiger partial charge on any atom is -0.341 e. The van der Waals surface area contributed by atoms with Gasteiger partial charge in [-0.15, -0.1) is 11.3 Å². The number of halogens is 1. The highest BCUT2D eigenvalue weighted by Gasteiger charge is 2.20. The fourth-order valence-electron chi connectivity index (χ4n) is 4.67. The number of aryl methyl sites for hydroxylation is 2. The van der Waals surface area contributed by atoms with Gasteiger partial charge in [-0.05, 0) is 49.4 Å². The van der Waals surface area contributed by atoms with Gasteiger partial charge in [-0.3, -0.25) is 9.48 Å². The van der Waals surface area contributed by atoms with Crippen molar-refractivity contribution in [2.75, 3.05) is 5.32 Å². The molecular formula is C27H21FN4OS. The quantitative estimate of drug-likeness (QED) is 0.309. The smallest absolute Gasteiger partial charge is 0.265 e. The lowest BCUT2D eigenvalue weighted by Crippen LogP contribution is -2.10. The van der Waals surface area contributed by atoms with Crippen molar-refractivity contribution in [3.05, 3.63) is 83.5 Å². The summed E-state index contributed by atoms with van der Waals surface area (Å²) in [6.45, 7) is 3.00. The molecule has 0 saturated heterocycles. The fraction of sp³-hybridized carbons (Fsp3) is 0.111. The van der Waals surface area contributed by atoms with Gasteiger partial charge in [0.15, 0.2) is 0 Å². The Bertz CT molecular complexity index is 1730. The van der Waals surface area contributed by atoms with Crippen LogP contribution >= 0.6 is 11.3 Å². The first-order chi connectivity index (χ1) is 16.5. The summed E-state index contributed by atoms with van der Waals surface area (Å²) >= 11 is 1.35. The normalized spacial score (nSPS) is 11.6. The Morgan fingerprint density at radius 2 is 1.74 bits per heavy atom. The Labute approximate surface area is 199 Å². The first-order valence-electron chi connectivity index (χ1n) is 11.1. The minimum atomic E-state index is -0.334. The van der Waals surface area contributed by atoms with Crippen LogP contribution in [0.4, 0.5) is 10.1 Å². The van der Waals surface area contributed by atoms with Gasteiger partial charge in [-0.2, -0.15) is 5.10 Å². The van der Waals surface area contributed by atoms with Crippen LogP contribution in [0.2, 0.25) is 0 Å². The number of aromatic nitrogens is 3. The molecule has 3 aromatic heterocycles. The highest BCUT2D eigenvalue weighted by atomic mass is 32.1. The second kappa shape index (κ2) is 7.81. The molecule has 1 N–H and O–H groups in total. The number of para-hydroxylation sites is 1. The molecule has 0 radical (unpaired) electrons. The largest absolute Gasteiger partial charge is 0.341 e. The van der Waals surface area contributed by atoms with Crippen molar-refractivity contribution in [2.45, 2.75) is 13.5 Å². The van der Waals surface area contributed by atoms with Gasteiger partial charge in [-0.25, -0.2) is 4.39 Å². The zero-order chi connectivity index (χ0) is 23.4. The molecule has 6 rings (SSSR count). The summed E-state index contributed by atoms with van der Waals surface area (Å²) < 4.78 is 18.4. The molecule has 6 aromatic rings. The predicted octanol–water partition coefficient (Wildman–Crippen LogP) is 6.82. The van der Waals surface area contributed by atoms with Gasteiger partial charge >= 0.3 is 0 Å². The van der Waals surface area contributed by atoms with Gasteiger partial charge < -0.3 is 9.88 Å². The van der Waals surface area contributed by atoms with Crippen LogP contribution in [0.25, 0.3) is 43.3 Å². The standard InChI is InChI=1S/C27H21FN4OS/c1-3-32-22-11-7-5-8-17(22)19-14-16(12-13-23(19)32)29-26(33)24-15-20-25(30-31(2)27(20)34-24)18-9-4-6-10-21(18)28/h4-15H,3H2,1-2H3,(H,29,33). The molecule has 0 fully saturated rings. The molecule has 0 aliphatic rings. The number of benzene rings is 3. The average Bonchev–Trinajstić information content (AvgIpc) is 3.51. The molecule has 1 amide bonds. The monoisotopic (exact) mass is 468 g/mol. The van der Waals surface area contributed by atoms with Gasteiger partial charge in [-0.1, -0.05) is 30.3 Å². The van der Waals surface area contributed by atoms with Crippen molar-refractivity contribution in [3.8, 4) is 11.3 Å². The maximum absolute atomic E-state index is 14.4. The van der Waals surface area contributed by atoms with E-state index in [1.165, 1.54) is 22.9 Å². The summed E-state index contributed by atoms with van der Waals surface area (Å²) in [6.07, 6.45) is 0. The molecule has 0 aliphatic heterocycles. The zero-order valence-corrected chi connectivity index (χ0v) is 19.5. The maximum atomic E-state index is 14.4. The van der Waals surface area contributed by atoms with Crippen molar-refractivity contribution in [3.63, 3.8) is 0 Å². The molecule has 34 heavy (non-hydrogen) atoms. The van der Waals surface area contributed by atoms with Crippen LogP contribution in [-0.4, -0.2) is 20.3 Å². The van der Waals surface area contributed by atoms with Gasteiger partial charge in [0.2, 0.25) is 0 Å². The molecule has 168 valence electrons. The first kappa shape index (κ1) is 20.6. The van der Waals surface area contributed by atoms with E-state index in [0.29, 0.717) is 16.1 Å². The second-order valence-electron chi connectivity index (χ2n) is 8.23. The molecule has 0 bridgehead atoms. The van der Waals surface area contributed by atoms with Crippen molar-refractivity contribution in [1.82, 2.24) is 14.3 Å². The van der Waals surface area contributed by atoms with E-state index in [9.17, 15) is 9.18 Å². The molecule has 0 saturated carbocycles. The summed E-state index contributed by atoms with van der Waals surface area (Å²) in [4.78, 5) is 14.5. The Kier molecular flexibility index (Phi) is 4.74. The van der Waals surface area contributed by atoms with Crippen LogP contribution in [0.15, 0.2) is 72.8 Å². The van der Waals surface area contributed by atoms with E-state index in [4.69, 9.17) is 0 Å². The van der Waals surface area contributed by atoms with E-state index in [2.05, 4.69) is 40.1 Å². The Hall–Kier alpha value is -3.97. The summed E-state index contributed by atoms with van der Waals surface area (Å²) in [6, 6.07) is 22.7. The SMILES string of the molecule is CCn1c2ccccc2c2cc(NC(=O)c3cc4c(-c5ccccc5F)nn(C)c4s3)ccc21. The number of anilines is 1. The summed E-state index contributed by atoms with van der Waals surface area (Å²) in [7, 11) is 1.81. The van der Waals surface area contributed by atoms with E-state index < -0.39 is 0 Å². The highest BCUT2D eigenvalue weighted by Crippen LogP contribution is 2.35. The zero-order valence-electron chi connectivity index (χ0n) is 18.7. The topological polar surface area (TPSA) is 51.9 Å². The first-order valence-corrected chi connectivity index (χ1v) is 11.9. The lowest BCUT2D eigenvalue weighted by atomic mass is 10.1. The third-order valence-electron chi connectivity index (χ3n) is 6.21. The molecular weight excluding hydrogens is 447 g/mol. The number of nitrogens with one attached hydrogen (secondary N) is 1. The molecule has 0 atom stereocenters. The number of carbonyl (C=O) groups is 1. The van der Waals surface area contributed by atoms with E-state index in [1.54, 1.807) is 28.9 Å². The van der Waals surface area contributed by atoms with Crippen LogP contribution in [0.1, 0.15) is 16.6 Å². The Morgan fingerprint density at radius 3 is 2.56 bits per heavy atom. The fourth-order valence-corrected chi connectivity index (χ4v) is 5.64. The maximum Gasteiger partial charge on any atom is 0.265 e. The third kappa shape index (κ3) is 3.12. The molecule has 7 heteroatoms. The van der Waals surface area contributed by atoms with Crippen LogP contribution in [0.5, 0.6) is 0 Å². The predicted molar refractivity (Wildman–Crippen MR) is 137 cm³/mol.